The van der Waals surface area contributed by atoms with Gasteiger partial charge in [0.1, 0.15) is 17.3 Å². The number of aromatic nitrogens is 2. The van der Waals surface area contributed by atoms with E-state index in [-0.39, 0.29) is 5.91 Å². The molecule has 2 N–H and O–H groups in total. The summed E-state index contributed by atoms with van der Waals surface area (Å²) < 4.78 is 0. The number of benzene rings is 1. The van der Waals surface area contributed by atoms with Crippen molar-refractivity contribution in [3.63, 3.8) is 0 Å². The van der Waals surface area contributed by atoms with Gasteiger partial charge in [-0.15, -0.1) is 0 Å². The van der Waals surface area contributed by atoms with Gasteiger partial charge in [-0.3, -0.25) is 9.59 Å². The van der Waals surface area contributed by atoms with Crippen molar-refractivity contribution in [3.05, 3.63) is 47.3 Å². The quantitative estimate of drug-likeness (QED) is 0.614. The molecule has 1 amide bonds. The summed E-state index contributed by atoms with van der Waals surface area (Å²) in [5.41, 5.74) is 3.55. The van der Waals surface area contributed by atoms with E-state index in [2.05, 4.69) is 39.6 Å². The third kappa shape index (κ3) is 6.14. The Bertz CT molecular complexity index is 867. The van der Waals surface area contributed by atoms with Gasteiger partial charge in [0, 0.05) is 30.6 Å². The molecule has 3 rings (SSSR count). The minimum absolute atomic E-state index is 0.101. The normalized spacial score (nSPS) is 15.0. The summed E-state index contributed by atoms with van der Waals surface area (Å²) in [5, 5.41) is 3.00. The third-order valence-corrected chi connectivity index (χ3v) is 5.32. The maximum Gasteiger partial charge on any atom is 0.271 e. The molecule has 0 aliphatic carbocycles. The van der Waals surface area contributed by atoms with E-state index in [9.17, 15) is 9.59 Å². The molecule has 5 heteroatoms. The first-order valence-corrected chi connectivity index (χ1v) is 10.8. The number of nitrogens with one attached hydrogen (secondary N) is 2. The highest BCUT2D eigenvalue weighted by atomic mass is 16.2. The average Bonchev–Trinajstić information content (AvgIpc) is 3.17. The Morgan fingerprint density at radius 1 is 1.17 bits per heavy atom. The molecule has 0 atom stereocenters. The molecule has 0 saturated carbocycles. The Labute approximate surface area is 173 Å². The number of carbonyl (C=O) groups excluding carboxylic acids is 2. The molecule has 29 heavy (non-hydrogen) atoms. The fraction of sp³-hybridized carbons (Fsp3) is 0.458. The smallest absolute Gasteiger partial charge is 0.271 e. The Hall–Kier alpha value is -2.69. The lowest BCUT2D eigenvalue weighted by Gasteiger charge is -2.05. The number of fused-ring (bicyclic) bond motifs is 5. The molecule has 4 bridgehead atoms. The molecule has 5 nitrogen and oxygen atoms in total. The number of hydrogen-bond donors (Lipinski definition) is 2. The first-order chi connectivity index (χ1) is 14.2. The summed E-state index contributed by atoms with van der Waals surface area (Å²) in [6, 6.07) is 8.22. The van der Waals surface area contributed by atoms with Crippen molar-refractivity contribution in [2.24, 2.45) is 0 Å². The molecule has 1 aromatic carbocycles. The van der Waals surface area contributed by atoms with Gasteiger partial charge in [-0.25, -0.2) is 4.98 Å². The van der Waals surface area contributed by atoms with Gasteiger partial charge in [0.2, 0.25) is 0 Å². The summed E-state index contributed by atoms with van der Waals surface area (Å²) in [6.45, 7) is 2.56. The fourth-order valence-electron chi connectivity index (χ4n) is 3.58. The van der Waals surface area contributed by atoms with Gasteiger partial charge in [0.15, 0.2) is 0 Å². The lowest BCUT2D eigenvalue weighted by Crippen LogP contribution is -2.25. The monoisotopic (exact) mass is 393 g/mol. The predicted octanol–water partition coefficient (Wildman–Crippen LogP) is 5.09. The SMILES string of the molecule is CCC(=O)CCCCCCc1[nH]c2nc1C(=O)NCCC/C=C\c1cccc-2c1. The van der Waals surface area contributed by atoms with Crippen LogP contribution in [0.4, 0.5) is 0 Å². The Kier molecular flexibility index (Phi) is 7.79. The molecular weight excluding hydrogens is 362 g/mol. The van der Waals surface area contributed by atoms with Crippen molar-refractivity contribution in [3.8, 4) is 11.4 Å². The first kappa shape index (κ1) is 21.0. The summed E-state index contributed by atoms with van der Waals surface area (Å²) in [4.78, 5) is 32.1. The number of nitrogens with zero attached hydrogens (tertiary/aromatic N) is 1. The van der Waals surface area contributed by atoms with Crippen LogP contribution in [0.25, 0.3) is 17.5 Å². The van der Waals surface area contributed by atoms with Gasteiger partial charge in [-0.2, -0.15) is 0 Å². The Morgan fingerprint density at radius 3 is 2.90 bits per heavy atom. The maximum absolute atomic E-state index is 12.7. The number of H-pyrrole nitrogens is 1. The second-order valence-corrected chi connectivity index (χ2v) is 7.64. The van der Waals surface area contributed by atoms with E-state index < -0.39 is 0 Å². The predicted molar refractivity (Wildman–Crippen MR) is 117 cm³/mol. The maximum atomic E-state index is 12.7. The molecule has 154 valence electrons. The number of Topliss-reactive ketones (excluding diaryl/α,β-unsaturated/α-hetero) is 1. The zero-order valence-electron chi connectivity index (χ0n) is 17.3. The van der Waals surface area contributed by atoms with E-state index >= 15 is 0 Å². The topological polar surface area (TPSA) is 74.8 Å². The Balaban J connectivity index is 1.71. The lowest BCUT2D eigenvalue weighted by atomic mass is 10.1. The van der Waals surface area contributed by atoms with Gasteiger partial charge in [-0.1, -0.05) is 50.1 Å². The van der Waals surface area contributed by atoms with Crippen LogP contribution in [0, 0.1) is 0 Å². The second kappa shape index (κ2) is 10.7. The number of ketones is 1. The molecular formula is C24H31N3O2. The molecule has 0 fully saturated rings. The van der Waals surface area contributed by atoms with E-state index in [0.717, 1.165) is 67.6 Å². The molecule has 2 aromatic rings. The second-order valence-electron chi connectivity index (χ2n) is 7.64. The van der Waals surface area contributed by atoms with Gasteiger partial charge in [0.25, 0.3) is 5.91 Å². The molecule has 1 aliphatic rings. The molecule has 2 heterocycles. The van der Waals surface area contributed by atoms with E-state index in [1.807, 2.05) is 19.1 Å². The van der Waals surface area contributed by atoms with E-state index in [1.165, 1.54) is 0 Å². The van der Waals surface area contributed by atoms with Crippen LogP contribution in [0.15, 0.2) is 30.3 Å². The summed E-state index contributed by atoms with van der Waals surface area (Å²) in [6.07, 6.45) is 12.2. The molecule has 0 spiro atoms. The van der Waals surface area contributed by atoms with Gasteiger partial charge in [-0.05, 0) is 43.7 Å². The van der Waals surface area contributed by atoms with Gasteiger partial charge >= 0.3 is 0 Å². The molecule has 0 radical (unpaired) electrons. The van der Waals surface area contributed by atoms with Crippen molar-refractivity contribution in [2.45, 2.75) is 64.7 Å². The van der Waals surface area contributed by atoms with Crippen molar-refractivity contribution in [2.75, 3.05) is 6.54 Å². The van der Waals surface area contributed by atoms with Crippen LogP contribution >= 0.6 is 0 Å². The van der Waals surface area contributed by atoms with Crippen LogP contribution in [-0.2, 0) is 11.2 Å². The van der Waals surface area contributed by atoms with Crippen molar-refractivity contribution in [1.29, 1.82) is 0 Å². The van der Waals surface area contributed by atoms with Crippen LogP contribution in [0.3, 0.4) is 0 Å². The number of imidazole rings is 1. The average molecular weight is 394 g/mol. The van der Waals surface area contributed by atoms with E-state index in [4.69, 9.17) is 0 Å². The minimum Gasteiger partial charge on any atom is -0.351 e. The van der Waals surface area contributed by atoms with Crippen LogP contribution in [0.2, 0.25) is 0 Å². The number of aromatic amines is 1. The van der Waals surface area contributed by atoms with Crippen LogP contribution in [-0.4, -0.2) is 28.2 Å². The lowest BCUT2D eigenvalue weighted by molar-refractivity contribution is -0.118. The summed E-state index contributed by atoms with van der Waals surface area (Å²) in [7, 11) is 0. The van der Waals surface area contributed by atoms with Crippen molar-refractivity contribution < 1.29 is 9.59 Å². The standard InChI is InChI=1S/C24H31N3O2/c1-2-20(28)14-7-3-4-8-15-21-22-24(29)25-16-9-5-6-11-18-12-10-13-19(17-18)23(26-21)27-22/h6,10-13,17H,2-5,7-9,14-16H2,1H3,(H,25,29)(H,26,27)/b11-6-. The first-order valence-electron chi connectivity index (χ1n) is 10.8. The largest absolute Gasteiger partial charge is 0.351 e. The molecule has 1 aromatic heterocycles. The zero-order valence-corrected chi connectivity index (χ0v) is 17.3. The van der Waals surface area contributed by atoms with E-state index in [1.54, 1.807) is 0 Å². The summed E-state index contributed by atoms with van der Waals surface area (Å²) in [5.74, 6) is 0.982. The number of carbonyl (C=O) groups is 2. The van der Waals surface area contributed by atoms with Crippen LogP contribution in [0.1, 0.15) is 80.0 Å². The fourth-order valence-corrected chi connectivity index (χ4v) is 3.58. The van der Waals surface area contributed by atoms with E-state index in [0.29, 0.717) is 30.9 Å². The highest BCUT2D eigenvalue weighted by Crippen LogP contribution is 2.22. The third-order valence-electron chi connectivity index (χ3n) is 5.32. The molecule has 1 aliphatic heterocycles. The number of unbranched alkanes of at least 4 members (excludes halogenated alkanes) is 3. The highest BCUT2D eigenvalue weighted by Gasteiger charge is 2.18. The number of rotatable bonds is 8. The Morgan fingerprint density at radius 2 is 2.03 bits per heavy atom. The number of aryl methyl sites for hydroxylation is 1. The van der Waals surface area contributed by atoms with Crippen LogP contribution < -0.4 is 5.32 Å². The number of amides is 1. The minimum atomic E-state index is -0.101. The highest BCUT2D eigenvalue weighted by molar-refractivity contribution is 5.94. The van der Waals surface area contributed by atoms with Crippen LogP contribution in [0.5, 0.6) is 0 Å². The zero-order chi connectivity index (χ0) is 20.5. The van der Waals surface area contributed by atoms with Crippen molar-refractivity contribution >= 4 is 17.8 Å². The number of allylic oxidation sites excluding steroid dienone is 1. The molecule has 0 unspecified atom stereocenters. The number of hydrogen-bond acceptors (Lipinski definition) is 3. The summed E-state index contributed by atoms with van der Waals surface area (Å²) >= 11 is 0. The van der Waals surface area contributed by atoms with Gasteiger partial charge in [0.05, 0.1) is 0 Å². The van der Waals surface area contributed by atoms with Crippen molar-refractivity contribution in [1.82, 2.24) is 15.3 Å². The molecule has 0 saturated heterocycles. The van der Waals surface area contributed by atoms with Gasteiger partial charge < -0.3 is 10.3 Å².